The average Bonchev–Trinajstić information content (AvgIpc) is 2.79. The fourth-order valence-corrected chi connectivity index (χ4v) is 6.37. The highest BCUT2D eigenvalue weighted by molar-refractivity contribution is 7.89. The molecule has 120 valence electrons. The van der Waals surface area contributed by atoms with Crippen molar-refractivity contribution in [1.29, 1.82) is 0 Å². The zero-order valence-corrected chi connectivity index (χ0v) is 15.1. The Morgan fingerprint density at radius 1 is 1.43 bits per heavy atom. The summed E-state index contributed by atoms with van der Waals surface area (Å²) in [5, 5.41) is 3.32. The Hall–Kier alpha value is 0.150. The Morgan fingerprint density at radius 3 is 2.81 bits per heavy atom. The number of halogens is 2. The fourth-order valence-electron chi connectivity index (χ4n) is 2.57. The summed E-state index contributed by atoms with van der Waals surface area (Å²) < 4.78 is 27.9. The lowest BCUT2D eigenvalue weighted by Gasteiger charge is -2.34. The van der Waals surface area contributed by atoms with E-state index < -0.39 is 10.0 Å². The van der Waals surface area contributed by atoms with Crippen molar-refractivity contribution < 1.29 is 8.42 Å². The molecule has 1 atom stereocenters. The lowest BCUT2D eigenvalue weighted by atomic mass is 10.1. The van der Waals surface area contributed by atoms with E-state index >= 15 is 0 Å². The zero-order valence-electron chi connectivity index (χ0n) is 11.9. The van der Waals surface area contributed by atoms with Crippen LogP contribution in [-0.2, 0) is 10.0 Å². The normalized spacial score (nSPS) is 20.8. The van der Waals surface area contributed by atoms with Gasteiger partial charge in [0.05, 0.1) is 4.34 Å². The fraction of sp³-hybridized carbons (Fsp3) is 0.692. The van der Waals surface area contributed by atoms with Crippen LogP contribution in [0.25, 0.3) is 0 Å². The highest BCUT2D eigenvalue weighted by Crippen LogP contribution is 2.37. The van der Waals surface area contributed by atoms with Crippen LogP contribution >= 0.6 is 34.5 Å². The topological polar surface area (TPSA) is 49.4 Å². The molecule has 1 fully saturated rings. The average molecular weight is 371 g/mol. The summed E-state index contributed by atoms with van der Waals surface area (Å²) >= 11 is 13.0. The van der Waals surface area contributed by atoms with Crippen LogP contribution in [0, 0.1) is 0 Å². The number of hydrogen-bond donors (Lipinski definition) is 1. The molecule has 2 heterocycles. The van der Waals surface area contributed by atoms with E-state index in [1.54, 1.807) is 4.31 Å². The second-order valence-electron chi connectivity index (χ2n) is 5.16. The van der Waals surface area contributed by atoms with Crippen LogP contribution in [0.4, 0.5) is 0 Å². The first-order valence-electron chi connectivity index (χ1n) is 7.14. The number of nitrogens with one attached hydrogen (secondary N) is 1. The van der Waals surface area contributed by atoms with Crippen molar-refractivity contribution in [1.82, 2.24) is 9.62 Å². The van der Waals surface area contributed by atoms with Gasteiger partial charge in [0.2, 0.25) is 10.0 Å². The van der Waals surface area contributed by atoms with Crippen molar-refractivity contribution in [2.24, 2.45) is 0 Å². The van der Waals surface area contributed by atoms with Crippen molar-refractivity contribution in [3.8, 4) is 0 Å². The summed E-state index contributed by atoms with van der Waals surface area (Å²) in [4.78, 5) is 0.140. The van der Waals surface area contributed by atoms with Crippen LogP contribution in [0.3, 0.4) is 0 Å². The number of piperidine rings is 1. The van der Waals surface area contributed by atoms with Gasteiger partial charge in [0.15, 0.2) is 0 Å². The zero-order chi connectivity index (χ0) is 15.5. The molecular weight excluding hydrogens is 351 g/mol. The highest BCUT2D eigenvalue weighted by Gasteiger charge is 2.35. The van der Waals surface area contributed by atoms with Crippen molar-refractivity contribution >= 4 is 44.6 Å². The summed E-state index contributed by atoms with van der Waals surface area (Å²) in [5.41, 5.74) is 0. The SMILES string of the molecule is CCCNCC1CCCCN1S(=O)(=O)c1cc(Cl)sc1Cl. The van der Waals surface area contributed by atoms with E-state index in [2.05, 4.69) is 12.2 Å². The number of nitrogens with zero attached hydrogens (tertiary/aromatic N) is 1. The molecule has 1 N–H and O–H groups in total. The molecule has 1 aromatic heterocycles. The van der Waals surface area contributed by atoms with Gasteiger partial charge in [0.25, 0.3) is 0 Å². The number of sulfonamides is 1. The Bertz CT molecular complexity index is 575. The van der Waals surface area contributed by atoms with Crippen LogP contribution in [0.5, 0.6) is 0 Å². The van der Waals surface area contributed by atoms with E-state index in [0.29, 0.717) is 17.4 Å². The van der Waals surface area contributed by atoms with Crippen LogP contribution in [-0.4, -0.2) is 38.4 Å². The molecule has 0 spiro atoms. The largest absolute Gasteiger partial charge is 0.315 e. The molecule has 0 aromatic carbocycles. The van der Waals surface area contributed by atoms with Crippen molar-refractivity contribution in [3.05, 3.63) is 14.7 Å². The minimum Gasteiger partial charge on any atom is -0.315 e. The second kappa shape index (κ2) is 7.62. The van der Waals surface area contributed by atoms with E-state index in [1.165, 1.54) is 6.07 Å². The van der Waals surface area contributed by atoms with Gasteiger partial charge >= 0.3 is 0 Å². The van der Waals surface area contributed by atoms with E-state index in [9.17, 15) is 8.42 Å². The third-order valence-electron chi connectivity index (χ3n) is 3.59. The highest BCUT2D eigenvalue weighted by atomic mass is 35.5. The summed E-state index contributed by atoms with van der Waals surface area (Å²) in [6.07, 6.45) is 3.86. The molecule has 2 rings (SSSR count). The molecule has 0 saturated carbocycles. The molecule has 21 heavy (non-hydrogen) atoms. The molecule has 0 amide bonds. The predicted molar refractivity (Wildman–Crippen MR) is 89.0 cm³/mol. The van der Waals surface area contributed by atoms with E-state index in [-0.39, 0.29) is 15.3 Å². The lowest BCUT2D eigenvalue weighted by Crippen LogP contribution is -2.48. The molecule has 4 nitrogen and oxygen atoms in total. The van der Waals surface area contributed by atoms with Gasteiger partial charge in [-0.1, -0.05) is 36.5 Å². The van der Waals surface area contributed by atoms with Crippen molar-refractivity contribution in [2.75, 3.05) is 19.6 Å². The van der Waals surface area contributed by atoms with Crippen LogP contribution < -0.4 is 5.32 Å². The third-order valence-corrected chi connectivity index (χ3v) is 7.30. The van der Waals surface area contributed by atoms with Gasteiger partial charge in [-0.3, -0.25) is 0 Å². The number of rotatable bonds is 6. The molecule has 1 saturated heterocycles. The maximum Gasteiger partial charge on any atom is 0.245 e. The van der Waals surface area contributed by atoms with Crippen LogP contribution in [0.15, 0.2) is 11.0 Å². The van der Waals surface area contributed by atoms with Crippen molar-refractivity contribution in [2.45, 2.75) is 43.5 Å². The van der Waals surface area contributed by atoms with Crippen molar-refractivity contribution in [3.63, 3.8) is 0 Å². The molecule has 1 unspecified atom stereocenters. The van der Waals surface area contributed by atoms with E-state index in [1.807, 2.05) is 0 Å². The molecule has 1 aromatic rings. The number of hydrogen-bond acceptors (Lipinski definition) is 4. The van der Waals surface area contributed by atoms with Gasteiger partial charge in [-0.25, -0.2) is 8.42 Å². The summed E-state index contributed by atoms with van der Waals surface area (Å²) in [6, 6.07) is 1.44. The van der Waals surface area contributed by atoms with E-state index in [0.717, 1.165) is 43.6 Å². The predicted octanol–water partition coefficient (Wildman–Crippen LogP) is 3.60. The smallest absolute Gasteiger partial charge is 0.245 e. The Kier molecular flexibility index (Phi) is 6.35. The standard InChI is InChI=1S/C13H20Cl2N2O2S2/c1-2-6-16-9-10-5-3-4-7-17(10)21(18,19)11-8-12(14)20-13(11)15/h8,10,16H,2-7,9H2,1H3. The monoisotopic (exact) mass is 370 g/mol. The Morgan fingerprint density at radius 2 is 2.19 bits per heavy atom. The minimum atomic E-state index is -3.57. The second-order valence-corrected chi connectivity index (χ2v) is 9.30. The summed E-state index contributed by atoms with van der Waals surface area (Å²) in [7, 11) is -3.57. The third kappa shape index (κ3) is 4.12. The first kappa shape index (κ1) is 17.5. The van der Waals surface area contributed by atoms with Crippen LogP contribution in [0.1, 0.15) is 32.6 Å². The molecule has 0 bridgehead atoms. The molecule has 1 aliphatic rings. The van der Waals surface area contributed by atoms with Gasteiger partial charge in [0, 0.05) is 19.1 Å². The summed E-state index contributed by atoms with van der Waals surface area (Å²) in [6.45, 7) is 4.22. The van der Waals surface area contributed by atoms with E-state index in [4.69, 9.17) is 23.2 Å². The molecule has 0 radical (unpaired) electrons. The molecule has 0 aliphatic carbocycles. The molecule has 1 aliphatic heterocycles. The minimum absolute atomic E-state index is 0.00922. The van der Waals surface area contributed by atoms with Gasteiger partial charge < -0.3 is 5.32 Å². The Labute approximate surface area is 140 Å². The molecule has 8 heteroatoms. The quantitative estimate of drug-likeness (QED) is 0.778. The Balaban J connectivity index is 2.21. The molecular formula is C13H20Cl2N2O2S2. The van der Waals surface area contributed by atoms with Gasteiger partial charge in [-0.15, -0.1) is 11.3 Å². The number of thiophene rings is 1. The maximum atomic E-state index is 12.8. The van der Waals surface area contributed by atoms with Gasteiger partial charge in [-0.05, 0) is 31.9 Å². The lowest BCUT2D eigenvalue weighted by molar-refractivity contribution is 0.246. The van der Waals surface area contributed by atoms with Crippen LogP contribution in [0.2, 0.25) is 8.67 Å². The van der Waals surface area contributed by atoms with Gasteiger partial charge in [0.1, 0.15) is 9.23 Å². The first-order valence-corrected chi connectivity index (χ1v) is 10.2. The summed E-state index contributed by atoms with van der Waals surface area (Å²) in [5.74, 6) is 0. The maximum absolute atomic E-state index is 12.8. The van der Waals surface area contributed by atoms with Gasteiger partial charge in [-0.2, -0.15) is 4.31 Å². The first-order chi connectivity index (χ1) is 9.96.